The van der Waals surface area contributed by atoms with Gasteiger partial charge in [0.25, 0.3) is 5.69 Å². The van der Waals surface area contributed by atoms with Gasteiger partial charge < -0.3 is 10.2 Å². The third kappa shape index (κ3) is 4.92. The maximum absolute atomic E-state index is 12.3. The summed E-state index contributed by atoms with van der Waals surface area (Å²) in [6, 6.07) is 13.8. The molecule has 0 atom stereocenters. The summed E-state index contributed by atoms with van der Waals surface area (Å²) in [5.74, 6) is -0.384. The standard InChI is InChI=1S/C19H21N7O3S/c1-3-24(4-2)14-9-11-15(12-10-14)25-19(21-22-23-25)30-13-18(27)20-16-7-5-6-8-17(16)26(28)29/h5-12H,3-4,13H2,1-2H3,(H,20,27). The van der Waals surface area contributed by atoms with E-state index in [1.165, 1.54) is 12.1 Å². The van der Waals surface area contributed by atoms with Gasteiger partial charge in [0.1, 0.15) is 5.69 Å². The number of tetrazole rings is 1. The van der Waals surface area contributed by atoms with E-state index in [1.807, 2.05) is 24.3 Å². The molecule has 0 saturated heterocycles. The molecule has 0 unspecified atom stereocenters. The van der Waals surface area contributed by atoms with Gasteiger partial charge in [-0.2, -0.15) is 4.68 Å². The lowest BCUT2D eigenvalue weighted by atomic mass is 10.2. The summed E-state index contributed by atoms with van der Waals surface area (Å²) in [5, 5.41) is 25.8. The van der Waals surface area contributed by atoms with Crippen molar-refractivity contribution in [3.8, 4) is 5.69 Å². The van der Waals surface area contributed by atoms with Gasteiger partial charge in [-0.05, 0) is 54.6 Å². The summed E-state index contributed by atoms with van der Waals surface area (Å²) < 4.78 is 1.55. The Hall–Kier alpha value is -3.47. The van der Waals surface area contributed by atoms with Crippen LogP contribution in [0.2, 0.25) is 0 Å². The van der Waals surface area contributed by atoms with Crippen LogP contribution in [0.3, 0.4) is 0 Å². The molecular weight excluding hydrogens is 406 g/mol. The number of para-hydroxylation sites is 2. The van der Waals surface area contributed by atoms with E-state index in [9.17, 15) is 14.9 Å². The molecule has 30 heavy (non-hydrogen) atoms. The number of carbonyl (C=O) groups is 1. The first kappa shape index (κ1) is 21.2. The van der Waals surface area contributed by atoms with Gasteiger partial charge in [-0.15, -0.1) is 5.10 Å². The molecule has 10 nitrogen and oxygen atoms in total. The van der Waals surface area contributed by atoms with E-state index in [1.54, 1.807) is 16.8 Å². The Morgan fingerprint density at radius 3 is 2.53 bits per heavy atom. The van der Waals surface area contributed by atoms with E-state index in [0.29, 0.717) is 5.16 Å². The third-order valence-electron chi connectivity index (χ3n) is 4.37. The van der Waals surface area contributed by atoms with Crippen LogP contribution >= 0.6 is 11.8 Å². The SMILES string of the molecule is CCN(CC)c1ccc(-n2nnnc2SCC(=O)Nc2ccccc2[N+](=O)[O-])cc1. The summed E-state index contributed by atoms with van der Waals surface area (Å²) >= 11 is 1.14. The van der Waals surface area contributed by atoms with Crippen molar-refractivity contribution in [2.75, 3.05) is 29.1 Å². The zero-order valence-corrected chi connectivity index (χ0v) is 17.4. The van der Waals surface area contributed by atoms with Crippen LogP contribution in [0.1, 0.15) is 13.8 Å². The number of anilines is 2. The van der Waals surface area contributed by atoms with E-state index in [-0.39, 0.29) is 23.0 Å². The highest BCUT2D eigenvalue weighted by Crippen LogP contribution is 2.25. The van der Waals surface area contributed by atoms with Gasteiger partial charge in [0, 0.05) is 24.8 Å². The van der Waals surface area contributed by atoms with Crippen LogP contribution < -0.4 is 10.2 Å². The first-order chi connectivity index (χ1) is 14.5. The van der Waals surface area contributed by atoms with E-state index in [0.717, 1.165) is 36.2 Å². The summed E-state index contributed by atoms with van der Waals surface area (Å²) in [5.41, 5.74) is 1.88. The number of carbonyl (C=O) groups excluding carboxylic acids is 1. The van der Waals surface area contributed by atoms with E-state index >= 15 is 0 Å². The number of aromatic nitrogens is 4. The van der Waals surface area contributed by atoms with Crippen molar-refractivity contribution in [3.63, 3.8) is 0 Å². The Kier molecular flexibility index (Phi) is 6.96. The Balaban J connectivity index is 1.66. The number of hydrogen-bond donors (Lipinski definition) is 1. The lowest BCUT2D eigenvalue weighted by Crippen LogP contribution is -2.21. The number of benzene rings is 2. The Morgan fingerprint density at radius 1 is 1.17 bits per heavy atom. The molecule has 156 valence electrons. The fourth-order valence-corrected chi connectivity index (χ4v) is 3.57. The summed E-state index contributed by atoms with van der Waals surface area (Å²) in [4.78, 5) is 25.0. The lowest BCUT2D eigenvalue weighted by molar-refractivity contribution is -0.383. The van der Waals surface area contributed by atoms with Crippen molar-refractivity contribution in [1.82, 2.24) is 20.2 Å². The molecule has 1 N–H and O–H groups in total. The smallest absolute Gasteiger partial charge is 0.292 e. The van der Waals surface area contributed by atoms with E-state index in [2.05, 4.69) is 39.6 Å². The maximum Gasteiger partial charge on any atom is 0.292 e. The molecule has 1 amide bonds. The highest BCUT2D eigenvalue weighted by Gasteiger charge is 2.16. The second-order valence-electron chi connectivity index (χ2n) is 6.17. The Labute approximate surface area is 177 Å². The van der Waals surface area contributed by atoms with Crippen molar-refractivity contribution in [3.05, 3.63) is 58.6 Å². The van der Waals surface area contributed by atoms with Crippen molar-refractivity contribution in [2.24, 2.45) is 0 Å². The lowest BCUT2D eigenvalue weighted by Gasteiger charge is -2.21. The summed E-state index contributed by atoms with van der Waals surface area (Å²) in [6.07, 6.45) is 0. The largest absolute Gasteiger partial charge is 0.372 e. The fourth-order valence-electron chi connectivity index (χ4n) is 2.88. The second-order valence-corrected chi connectivity index (χ2v) is 7.12. The summed E-state index contributed by atoms with van der Waals surface area (Å²) in [7, 11) is 0. The quantitative estimate of drug-likeness (QED) is 0.314. The molecule has 0 fully saturated rings. The van der Waals surface area contributed by atoms with Gasteiger partial charge in [0.2, 0.25) is 11.1 Å². The van der Waals surface area contributed by atoms with Crippen LogP contribution in [0.5, 0.6) is 0 Å². The van der Waals surface area contributed by atoms with Crippen molar-refractivity contribution >= 4 is 34.7 Å². The van der Waals surface area contributed by atoms with Crippen molar-refractivity contribution in [2.45, 2.75) is 19.0 Å². The van der Waals surface area contributed by atoms with Crippen LogP contribution in [-0.4, -0.2) is 49.9 Å². The number of amides is 1. The Bertz CT molecular complexity index is 1020. The molecule has 0 aliphatic carbocycles. The Morgan fingerprint density at radius 2 is 1.87 bits per heavy atom. The summed E-state index contributed by atoms with van der Waals surface area (Å²) in [6.45, 7) is 6.03. The molecule has 1 aromatic heterocycles. The number of nitro benzene ring substituents is 1. The topological polar surface area (TPSA) is 119 Å². The molecule has 1 heterocycles. The van der Waals surface area contributed by atoms with Crippen LogP contribution in [-0.2, 0) is 4.79 Å². The number of nitrogens with one attached hydrogen (secondary N) is 1. The second kappa shape index (κ2) is 9.83. The molecule has 0 spiro atoms. The predicted octanol–water partition coefficient (Wildman–Crippen LogP) is 3.15. The van der Waals surface area contributed by atoms with Gasteiger partial charge in [-0.3, -0.25) is 14.9 Å². The van der Waals surface area contributed by atoms with Crippen LogP contribution in [0, 0.1) is 10.1 Å². The van der Waals surface area contributed by atoms with Crippen molar-refractivity contribution < 1.29 is 9.72 Å². The molecule has 3 rings (SSSR count). The van der Waals surface area contributed by atoms with Crippen molar-refractivity contribution in [1.29, 1.82) is 0 Å². The molecule has 0 aliphatic heterocycles. The zero-order chi connectivity index (χ0) is 21.5. The minimum atomic E-state index is -0.537. The predicted molar refractivity (Wildman–Crippen MR) is 115 cm³/mol. The normalized spacial score (nSPS) is 10.6. The van der Waals surface area contributed by atoms with Crippen LogP contribution in [0.25, 0.3) is 5.69 Å². The van der Waals surface area contributed by atoms with E-state index < -0.39 is 4.92 Å². The molecule has 0 saturated carbocycles. The molecule has 2 aromatic carbocycles. The maximum atomic E-state index is 12.3. The fraction of sp³-hybridized carbons (Fsp3) is 0.263. The molecule has 0 aliphatic rings. The van der Waals surface area contributed by atoms with Crippen LogP contribution in [0.15, 0.2) is 53.7 Å². The number of nitrogens with zero attached hydrogens (tertiary/aromatic N) is 6. The average Bonchev–Trinajstić information content (AvgIpc) is 3.22. The molecular formula is C19H21N7O3S. The molecule has 3 aromatic rings. The zero-order valence-electron chi connectivity index (χ0n) is 16.6. The average molecular weight is 427 g/mol. The van der Waals surface area contributed by atoms with E-state index in [4.69, 9.17) is 0 Å². The minimum absolute atomic E-state index is 0.00392. The number of thioether (sulfide) groups is 1. The first-order valence-corrected chi connectivity index (χ1v) is 10.3. The molecule has 11 heteroatoms. The minimum Gasteiger partial charge on any atom is -0.372 e. The number of nitro groups is 1. The molecule has 0 bridgehead atoms. The van der Waals surface area contributed by atoms with Gasteiger partial charge >= 0.3 is 0 Å². The van der Waals surface area contributed by atoms with Gasteiger partial charge in [-0.25, -0.2) is 0 Å². The highest BCUT2D eigenvalue weighted by molar-refractivity contribution is 7.99. The van der Waals surface area contributed by atoms with Crippen LogP contribution in [0.4, 0.5) is 17.1 Å². The number of rotatable bonds is 9. The molecule has 0 radical (unpaired) electrons. The van der Waals surface area contributed by atoms with Gasteiger partial charge in [0.05, 0.1) is 16.4 Å². The van der Waals surface area contributed by atoms with Gasteiger partial charge in [-0.1, -0.05) is 23.9 Å². The third-order valence-corrected chi connectivity index (χ3v) is 5.29. The highest BCUT2D eigenvalue weighted by atomic mass is 32.2. The monoisotopic (exact) mass is 427 g/mol. The number of hydrogen-bond acceptors (Lipinski definition) is 8. The first-order valence-electron chi connectivity index (χ1n) is 9.33. The van der Waals surface area contributed by atoms with Gasteiger partial charge in [0.15, 0.2) is 0 Å².